The van der Waals surface area contributed by atoms with Crippen LogP contribution in [0.25, 0.3) is 10.9 Å². The Morgan fingerprint density at radius 2 is 2.11 bits per heavy atom. The number of benzene rings is 1. The van der Waals surface area contributed by atoms with Gasteiger partial charge in [-0.2, -0.15) is 0 Å². The van der Waals surface area contributed by atoms with E-state index >= 15 is 0 Å². The average Bonchev–Trinajstić information content (AvgIpc) is 2.43. The van der Waals surface area contributed by atoms with Crippen LogP contribution in [0.1, 0.15) is 6.92 Å². The quantitative estimate of drug-likeness (QED) is 0.792. The van der Waals surface area contributed by atoms with Gasteiger partial charge in [0.25, 0.3) is 0 Å². The molecule has 1 unspecified atom stereocenters. The fraction of sp³-hybridized carbons (Fsp3) is 0.400. The van der Waals surface area contributed by atoms with Gasteiger partial charge < -0.3 is 15.5 Å². The highest BCUT2D eigenvalue weighted by Crippen LogP contribution is 2.30. The Hall–Kier alpha value is -1.81. The van der Waals surface area contributed by atoms with Crippen molar-refractivity contribution >= 4 is 22.3 Å². The van der Waals surface area contributed by atoms with Crippen LogP contribution in [0.15, 0.2) is 30.5 Å². The molecular weight excluding hydrogens is 236 g/mol. The van der Waals surface area contributed by atoms with Crippen LogP contribution >= 0.6 is 0 Å². The van der Waals surface area contributed by atoms with E-state index in [9.17, 15) is 0 Å². The summed E-state index contributed by atoms with van der Waals surface area (Å²) in [5.41, 5.74) is 8.92. The van der Waals surface area contributed by atoms with Crippen LogP contribution in [0.4, 0.5) is 11.4 Å². The van der Waals surface area contributed by atoms with Gasteiger partial charge in [-0.05, 0) is 38.2 Å². The SMILES string of the molecule is CC1CN(c2ccc(N)c3ncccc23)CCN1C. The molecule has 19 heavy (non-hydrogen) atoms. The molecule has 2 N–H and O–H groups in total. The number of anilines is 2. The summed E-state index contributed by atoms with van der Waals surface area (Å²) in [4.78, 5) is 9.24. The van der Waals surface area contributed by atoms with Crippen LogP contribution in [0.5, 0.6) is 0 Å². The second kappa shape index (κ2) is 4.70. The zero-order valence-corrected chi connectivity index (χ0v) is 11.5. The summed E-state index contributed by atoms with van der Waals surface area (Å²) in [6.45, 7) is 5.45. The molecule has 0 amide bonds. The fourth-order valence-corrected chi connectivity index (χ4v) is 2.72. The number of nitrogens with two attached hydrogens (primary N) is 1. The Morgan fingerprint density at radius 3 is 2.89 bits per heavy atom. The van der Waals surface area contributed by atoms with Gasteiger partial charge in [0.2, 0.25) is 0 Å². The fourth-order valence-electron chi connectivity index (χ4n) is 2.72. The van der Waals surface area contributed by atoms with Gasteiger partial charge in [0, 0.05) is 42.9 Å². The van der Waals surface area contributed by atoms with Crippen molar-refractivity contribution in [3.63, 3.8) is 0 Å². The minimum atomic E-state index is 0.568. The minimum absolute atomic E-state index is 0.568. The van der Waals surface area contributed by atoms with Gasteiger partial charge in [-0.15, -0.1) is 0 Å². The lowest BCUT2D eigenvalue weighted by Crippen LogP contribution is -2.50. The molecule has 1 aromatic heterocycles. The maximum atomic E-state index is 6.01. The Labute approximate surface area is 113 Å². The Kier molecular flexibility index (Phi) is 3.03. The van der Waals surface area contributed by atoms with Crippen LogP contribution < -0.4 is 10.6 Å². The number of rotatable bonds is 1. The summed E-state index contributed by atoms with van der Waals surface area (Å²) in [6, 6.07) is 8.74. The van der Waals surface area contributed by atoms with Crippen LogP contribution in [0.3, 0.4) is 0 Å². The van der Waals surface area contributed by atoms with Gasteiger partial charge in [0.1, 0.15) is 0 Å². The first-order chi connectivity index (χ1) is 9.16. The lowest BCUT2D eigenvalue weighted by atomic mass is 10.1. The molecule has 2 aromatic rings. The van der Waals surface area contributed by atoms with Crippen molar-refractivity contribution in [2.45, 2.75) is 13.0 Å². The number of hydrogen-bond donors (Lipinski definition) is 1. The normalized spacial score (nSPS) is 20.9. The first-order valence-electron chi connectivity index (χ1n) is 6.75. The number of aromatic nitrogens is 1. The van der Waals surface area contributed by atoms with Crippen molar-refractivity contribution in [3.05, 3.63) is 30.5 Å². The monoisotopic (exact) mass is 256 g/mol. The standard InChI is InChI=1S/C15H20N4/c1-11-10-19(9-8-18(11)2)14-6-5-13(16)15-12(14)4-3-7-17-15/h3-7,11H,8-10,16H2,1-2H3. The molecule has 4 nitrogen and oxygen atoms in total. The van der Waals surface area contributed by atoms with Gasteiger partial charge in [-0.3, -0.25) is 4.98 Å². The highest BCUT2D eigenvalue weighted by molar-refractivity contribution is 5.98. The van der Waals surface area contributed by atoms with E-state index in [-0.39, 0.29) is 0 Å². The molecule has 0 radical (unpaired) electrons. The molecule has 0 spiro atoms. The number of fused-ring (bicyclic) bond motifs is 1. The summed E-state index contributed by atoms with van der Waals surface area (Å²) in [5.74, 6) is 0. The molecule has 1 saturated heterocycles. The summed E-state index contributed by atoms with van der Waals surface area (Å²) < 4.78 is 0. The lowest BCUT2D eigenvalue weighted by Gasteiger charge is -2.39. The highest BCUT2D eigenvalue weighted by Gasteiger charge is 2.22. The predicted octanol–water partition coefficient (Wildman–Crippen LogP) is 1.96. The molecule has 0 aliphatic carbocycles. The number of pyridine rings is 1. The molecule has 100 valence electrons. The van der Waals surface area contributed by atoms with E-state index in [2.05, 4.69) is 40.9 Å². The summed E-state index contributed by atoms with van der Waals surface area (Å²) in [7, 11) is 2.19. The smallest absolute Gasteiger partial charge is 0.0951 e. The highest BCUT2D eigenvalue weighted by atomic mass is 15.3. The number of hydrogen-bond acceptors (Lipinski definition) is 4. The third-order valence-corrected chi connectivity index (χ3v) is 4.08. The van der Waals surface area contributed by atoms with E-state index in [0.717, 1.165) is 36.2 Å². The Morgan fingerprint density at radius 1 is 1.26 bits per heavy atom. The van der Waals surface area contributed by atoms with E-state index in [1.54, 1.807) is 6.20 Å². The van der Waals surface area contributed by atoms with Crippen LogP contribution in [0.2, 0.25) is 0 Å². The van der Waals surface area contributed by atoms with Crippen molar-refractivity contribution in [2.75, 3.05) is 37.3 Å². The zero-order chi connectivity index (χ0) is 13.4. The summed E-state index contributed by atoms with van der Waals surface area (Å²) in [6.07, 6.45) is 1.80. The van der Waals surface area contributed by atoms with Gasteiger partial charge in [0.05, 0.1) is 11.2 Å². The van der Waals surface area contributed by atoms with E-state index in [1.807, 2.05) is 12.1 Å². The molecule has 4 heteroatoms. The zero-order valence-electron chi connectivity index (χ0n) is 11.5. The van der Waals surface area contributed by atoms with E-state index in [1.165, 1.54) is 5.69 Å². The molecule has 3 rings (SSSR count). The molecule has 1 aliphatic rings. The minimum Gasteiger partial charge on any atom is -0.397 e. The van der Waals surface area contributed by atoms with E-state index < -0.39 is 0 Å². The Balaban J connectivity index is 2.04. The van der Waals surface area contributed by atoms with E-state index in [4.69, 9.17) is 5.73 Å². The number of nitrogen functional groups attached to an aromatic ring is 1. The van der Waals surface area contributed by atoms with Gasteiger partial charge >= 0.3 is 0 Å². The average molecular weight is 256 g/mol. The number of likely N-dealkylation sites (N-methyl/N-ethyl adjacent to an activating group) is 1. The third kappa shape index (κ3) is 2.12. The maximum absolute atomic E-state index is 6.01. The first-order valence-corrected chi connectivity index (χ1v) is 6.75. The van der Waals surface area contributed by atoms with Gasteiger partial charge in [0.15, 0.2) is 0 Å². The van der Waals surface area contributed by atoms with E-state index in [0.29, 0.717) is 6.04 Å². The molecule has 2 heterocycles. The molecule has 1 fully saturated rings. The Bertz CT molecular complexity index is 596. The number of piperazine rings is 1. The van der Waals surface area contributed by atoms with Crippen molar-refractivity contribution in [1.29, 1.82) is 0 Å². The molecule has 0 saturated carbocycles. The molecule has 1 aliphatic heterocycles. The summed E-state index contributed by atoms with van der Waals surface area (Å²) >= 11 is 0. The maximum Gasteiger partial charge on any atom is 0.0951 e. The van der Waals surface area contributed by atoms with Crippen LogP contribution in [-0.2, 0) is 0 Å². The third-order valence-electron chi connectivity index (χ3n) is 4.08. The number of nitrogens with zero attached hydrogens (tertiary/aromatic N) is 3. The molecule has 1 aromatic carbocycles. The van der Waals surface area contributed by atoms with Gasteiger partial charge in [-0.1, -0.05) is 0 Å². The molecule has 0 bridgehead atoms. The largest absolute Gasteiger partial charge is 0.397 e. The molecular formula is C15H20N4. The van der Waals surface area contributed by atoms with Crippen molar-refractivity contribution in [2.24, 2.45) is 0 Å². The van der Waals surface area contributed by atoms with Crippen molar-refractivity contribution < 1.29 is 0 Å². The predicted molar refractivity (Wildman–Crippen MR) is 80.5 cm³/mol. The topological polar surface area (TPSA) is 45.4 Å². The second-order valence-corrected chi connectivity index (χ2v) is 5.35. The lowest BCUT2D eigenvalue weighted by molar-refractivity contribution is 0.234. The van der Waals surface area contributed by atoms with Crippen molar-refractivity contribution in [3.8, 4) is 0 Å². The first kappa shape index (κ1) is 12.2. The second-order valence-electron chi connectivity index (χ2n) is 5.35. The van der Waals surface area contributed by atoms with Crippen molar-refractivity contribution in [1.82, 2.24) is 9.88 Å². The summed E-state index contributed by atoms with van der Waals surface area (Å²) in [5, 5.41) is 1.15. The van der Waals surface area contributed by atoms with Crippen LogP contribution in [-0.4, -0.2) is 42.6 Å². The van der Waals surface area contributed by atoms with Gasteiger partial charge in [-0.25, -0.2) is 0 Å². The van der Waals surface area contributed by atoms with Crippen LogP contribution in [0, 0.1) is 0 Å². The molecule has 1 atom stereocenters.